The van der Waals surface area contributed by atoms with Crippen molar-refractivity contribution in [1.29, 1.82) is 0 Å². The van der Waals surface area contributed by atoms with Crippen molar-refractivity contribution in [2.24, 2.45) is 0 Å². The predicted octanol–water partition coefficient (Wildman–Crippen LogP) is 3.80. The minimum absolute atomic E-state index is 0.120. The van der Waals surface area contributed by atoms with Gasteiger partial charge in [-0.15, -0.1) is 0 Å². The van der Waals surface area contributed by atoms with Crippen LogP contribution in [0.25, 0.3) is 5.57 Å². The molecular formula is C21H24N2O2. The van der Waals surface area contributed by atoms with Gasteiger partial charge in [-0.2, -0.15) is 0 Å². The molecule has 0 aliphatic heterocycles. The van der Waals surface area contributed by atoms with Crippen molar-refractivity contribution in [3.8, 4) is 5.75 Å². The number of benzene rings is 1. The molecule has 0 saturated heterocycles. The smallest absolute Gasteiger partial charge is 0.252 e. The number of nitrogens with one attached hydrogen (secondary N) is 1. The molecule has 1 aromatic carbocycles. The van der Waals surface area contributed by atoms with E-state index >= 15 is 0 Å². The van der Waals surface area contributed by atoms with Gasteiger partial charge in [0.25, 0.3) is 5.91 Å². The zero-order valence-corrected chi connectivity index (χ0v) is 14.6. The second-order valence-electron chi connectivity index (χ2n) is 5.59. The number of amides is 1. The molecule has 0 atom stereocenters. The summed E-state index contributed by atoms with van der Waals surface area (Å²) in [5.74, 6) is 0.549. The molecular weight excluding hydrogens is 312 g/mol. The van der Waals surface area contributed by atoms with Crippen LogP contribution in [0.3, 0.4) is 0 Å². The van der Waals surface area contributed by atoms with Gasteiger partial charge in [-0.3, -0.25) is 9.78 Å². The molecule has 130 valence electrons. The van der Waals surface area contributed by atoms with Gasteiger partial charge >= 0.3 is 0 Å². The third-order valence-electron chi connectivity index (χ3n) is 3.83. The highest BCUT2D eigenvalue weighted by molar-refractivity contribution is 6.20. The molecule has 4 heteroatoms. The lowest BCUT2D eigenvalue weighted by molar-refractivity contribution is -0.115. The highest BCUT2D eigenvalue weighted by Gasteiger charge is 2.14. The number of allylic oxidation sites excluding steroid dienone is 2. The molecule has 0 radical (unpaired) electrons. The number of hydrogen-bond donors (Lipinski definition) is 1. The Morgan fingerprint density at radius 2 is 2.08 bits per heavy atom. The van der Waals surface area contributed by atoms with Crippen LogP contribution in [0.4, 0.5) is 0 Å². The fraction of sp³-hybridized carbons (Fsp3) is 0.238. The van der Waals surface area contributed by atoms with Crippen LogP contribution in [0.15, 0.2) is 67.5 Å². The summed E-state index contributed by atoms with van der Waals surface area (Å²) in [6, 6.07) is 11.5. The lowest BCUT2D eigenvalue weighted by atomic mass is 10.0. The van der Waals surface area contributed by atoms with E-state index < -0.39 is 0 Å². The number of methoxy groups -OCH3 is 1. The molecule has 1 amide bonds. The summed E-state index contributed by atoms with van der Waals surface area (Å²) in [6.07, 6.45) is 9.85. The number of aromatic nitrogens is 1. The quantitative estimate of drug-likeness (QED) is 0.430. The van der Waals surface area contributed by atoms with E-state index in [1.54, 1.807) is 25.5 Å². The topological polar surface area (TPSA) is 51.2 Å². The zero-order valence-electron chi connectivity index (χ0n) is 14.6. The van der Waals surface area contributed by atoms with Crippen LogP contribution in [-0.4, -0.2) is 24.5 Å². The van der Waals surface area contributed by atoms with Crippen molar-refractivity contribution in [2.45, 2.75) is 19.3 Å². The number of rotatable bonds is 9. The van der Waals surface area contributed by atoms with Crippen LogP contribution in [0.1, 0.15) is 24.0 Å². The fourth-order valence-corrected chi connectivity index (χ4v) is 2.57. The molecule has 0 spiro atoms. The summed E-state index contributed by atoms with van der Waals surface area (Å²) >= 11 is 0. The molecule has 0 fully saturated rings. The average Bonchev–Trinajstić information content (AvgIpc) is 2.66. The summed E-state index contributed by atoms with van der Waals surface area (Å²) in [7, 11) is 1.60. The Hall–Kier alpha value is -2.88. The molecule has 1 heterocycles. The number of carbonyl (C=O) groups excluding carboxylic acids is 1. The highest BCUT2D eigenvalue weighted by Crippen LogP contribution is 2.25. The van der Waals surface area contributed by atoms with E-state index in [2.05, 4.69) is 22.9 Å². The van der Waals surface area contributed by atoms with Crippen LogP contribution in [0, 0.1) is 0 Å². The molecule has 0 aliphatic carbocycles. The first-order chi connectivity index (χ1) is 12.3. The van der Waals surface area contributed by atoms with Crippen LogP contribution >= 0.6 is 0 Å². The maximum absolute atomic E-state index is 12.5. The Morgan fingerprint density at radius 1 is 1.24 bits per heavy atom. The van der Waals surface area contributed by atoms with Gasteiger partial charge in [0.15, 0.2) is 0 Å². The first kappa shape index (κ1) is 18.5. The maximum atomic E-state index is 12.5. The number of nitrogens with zero attached hydrogens (tertiary/aromatic N) is 1. The SMILES string of the molecule is C=CC=C(C(=O)NCCCCc1cccnc1)c1ccccc1OC. The number of unbranched alkanes of at least 4 members (excludes halogenated alkanes) is 1. The minimum Gasteiger partial charge on any atom is -0.496 e. The van der Waals surface area contributed by atoms with Crippen molar-refractivity contribution in [3.05, 3.63) is 78.6 Å². The highest BCUT2D eigenvalue weighted by atomic mass is 16.5. The van der Waals surface area contributed by atoms with E-state index in [0.717, 1.165) is 24.8 Å². The number of hydrogen-bond acceptors (Lipinski definition) is 3. The summed E-state index contributed by atoms with van der Waals surface area (Å²) in [4.78, 5) is 16.6. The van der Waals surface area contributed by atoms with Gasteiger partial charge in [-0.1, -0.05) is 36.9 Å². The van der Waals surface area contributed by atoms with Crippen LogP contribution in [0.5, 0.6) is 5.75 Å². The van der Waals surface area contributed by atoms with Crippen molar-refractivity contribution in [1.82, 2.24) is 10.3 Å². The third kappa shape index (κ3) is 5.60. The van der Waals surface area contributed by atoms with Gasteiger partial charge < -0.3 is 10.1 Å². The Morgan fingerprint density at radius 3 is 2.80 bits per heavy atom. The Bertz CT molecular complexity index is 724. The molecule has 4 nitrogen and oxygen atoms in total. The molecule has 0 saturated carbocycles. The van der Waals surface area contributed by atoms with E-state index in [9.17, 15) is 4.79 Å². The molecule has 1 N–H and O–H groups in total. The van der Waals surface area contributed by atoms with Crippen LogP contribution in [-0.2, 0) is 11.2 Å². The van der Waals surface area contributed by atoms with E-state index in [4.69, 9.17) is 4.74 Å². The number of aryl methyl sites for hydroxylation is 1. The monoisotopic (exact) mass is 336 g/mol. The molecule has 1 aromatic heterocycles. The number of carbonyl (C=O) groups is 1. The number of ether oxygens (including phenoxy) is 1. The van der Waals surface area contributed by atoms with Gasteiger partial charge in [0.2, 0.25) is 0 Å². The lowest BCUT2D eigenvalue weighted by Gasteiger charge is -2.12. The summed E-state index contributed by atoms with van der Waals surface area (Å²) in [5.41, 5.74) is 2.53. The fourth-order valence-electron chi connectivity index (χ4n) is 2.57. The third-order valence-corrected chi connectivity index (χ3v) is 3.83. The molecule has 0 aliphatic rings. The summed E-state index contributed by atoms with van der Waals surface area (Å²) in [6.45, 7) is 4.33. The molecule has 2 aromatic rings. The second kappa shape index (κ2) is 10.1. The van der Waals surface area contributed by atoms with Crippen molar-refractivity contribution in [2.75, 3.05) is 13.7 Å². The first-order valence-corrected chi connectivity index (χ1v) is 8.39. The number of pyridine rings is 1. The van der Waals surface area contributed by atoms with Crippen LogP contribution in [0.2, 0.25) is 0 Å². The van der Waals surface area contributed by atoms with E-state index in [0.29, 0.717) is 17.9 Å². The molecule has 2 rings (SSSR count). The van der Waals surface area contributed by atoms with Gasteiger partial charge in [-0.05, 0) is 43.0 Å². The van der Waals surface area contributed by atoms with E-state index in [1.165, 1.54) is 5.56 Å². The Labute approximate surface area is 149 Å². The van der Waals surface area contributed by atoms with Gasteiger partial charge in [0.05, 0.1) is 12.7 Å². The predicted molar refractivity (Wildman–Crippen MR) is 101 cm³/mol. The number of para-hydroxylation sites is 1. The molecule has 0 bridgehead atoms. The summed E-state index contributed by atoms with van der Waals surface area (Å²) < 4.78 is 5.35. The first-order valence-electron chi connectivity index (χ1n) is 8.39. The van der Waals surface area contributed by atoms with E-state index in [1.807, 2.05) is 36.5 Å². The largest absolute Gasteiger partial charge is 0.496 e. The second-order valence-corrected chi connectivity index (χ2v) is 5.59. The van der Waals surface area contributed by atoms with Gasteiger partial charge in [-0.25, -0.2) is 0 Å². The lowest BCUT2D eigenvalue weighted by Crippen LogP contribution is -2.25. The molecule has 25 heavy (non-hydrogen) atoms. The van der Waals surface area contributed by atoms with Crippen molar-refractivity contribution < 1.29 is 9.53 Å². The van der Waals surface area contributed by atoms with Crippen molar-refractivity contribution in [3.63, 3.8) is 0 Å². The van der Waals surface area contributed by atoms with E-state index in [-0.39, 0.29) is 5.91 Å². The zero-order chi connectivity index (χ0) is 17.9. The Kier molecular flexibility index (Phi) is 7.44. The summed E-state index contributed by atoms with van der Waals surface area (Å²) in [5, 5.41) is 2.98. The molecule has 0 unspecified atom stereocenters. The van der Waals surface area contributed by atoms with Crippen LogP contribution < -0.4 is 10.1 Å². The Balaban J connectivity index is 1.88. The average molecular weight is 336 g/mol. The van der Waals surface area contributed by atoms with Crippen molar-refractivity contribution >= 4 is 11.5 Å². The van der Waals surface area contributed by atoms with Gasteiger partial charge in [0, 0.05) is 24.5 Å². The maximum Gasteiger partial charge on any atom is 0.252 e. The normalized spacial score (nSPS) is 11.0. The minimum atomic E-state index is -0.120. The van der Waals surface area contributed by atoms with Gasteiger partial charge in [0.1, 0.15) is 5.75 Å². The standard InChI is InChI=1S/C21H24N2O2/c1-3-9-19(18-12-4-5-13-20(18)25-2)21(24)23-15-7-6-10-17-11-8-14-22-16-17/h3-5,8-9,11-14,16H,1,6-7,10,15H2,2H3,(H,23,24).